The van der Waals surface area contributed by atoms with Gasteiger partial charge in [-0.05, 0) is 37.1 Å². The minimum absolute atomic E-state index is 0.324. The van der Waals surface area contributed by atoms with Gasteiger partial charge in [-0.15, -0.1) is 0 Å². The van der Waals surface area contributed by atoms with Crippen LogP contribution in [0.2, 0.25) is 0 Å². The summed E-state index contributed by atoms with van der Waals surface area (Å²) in [7, 11) is 1.63. The van der Waals surface area contributed by atoms with Crippen molar-refractivity contribution in [3.8, 4) is 5.75 Å². The quantitative estimate of drug-likeness (QED) is 0.636. The number of ether oxygens (including phenoxy) is 1. The number of nitrogens with zero attached hydrogens (tertiary/aromatic N) is 2. The molecule has 6 heteroatoms. The second-order valence-electron chi connectivity index (χ2n) is 5.30. The van der Waals surface area contributed by atoms with Crippen LogP contribution in [-0.2, 0) is 0 Å². The molecule has 0 atom stereocenters. The Morgan fingerprint density at radius 1 is 1.43 bits per heavy atom. The van der Waals surface area contributed by atoms with Crippen molar-refractivity contribution >= 4 is 18.2 Å². The second kappa shape index (κ2) is 6.91. The molecule has 1 amide bonds. The average Bonchev–Trinajstić information content (AvgIpc) is 3.31. The number of carbonyl (C=O) groups excluding carboxylic acids is 1. The molecule has 6 nitrogen and oxygen atoms in total. The van der Waals surface area contributed by atoms with E-state index in [1.807, 2.05) is 30.3 Å². The fourth-order valence-electron chi connectivity index (χ4n) is 2.20. The standard InChI is InChI=1S/C17H18N4O2/c1-23-16-7-3-2-5-13(16)6-4-10-18-21-17(22)15-11-14(19-20-15)12-8-9-12/h2-7,10-12H,8-9H2,1H3,(H,19,20)(H,21,22)/b6-4+,18-10+. The number of methoxy groups -OCH3 is 1. The van der Waals surface area contributed by atoms with E-state index in [2.05, 4.69) is 20.7 Å². The molecule has 1 saturated carbocycles. The third kappa shape index (κ3) is 3.85. The number of nitrogens with one attached hydrogen (secondary N) is 2. The molecule has 0 radical (unpaired) electrons. The van der Waals surface area contributed by atoms with Crippen LogP contribution >= 0.6 is 0 Å². The number of hydrogen-bond donors (Lipinski definition) is 2. The molecule has 118 valence electrons. The Hall–Kier alpha value is -2.89. The molecular formula is C17H18N4O2. The first-order valence-corrected chi connectivity index (χ1v) is 7.46. The van der Waals surface area contributed by atoms with Crippen molar-refractivity contribution in [3.05, 3.63) is 53.4 Å². The normalized spacial score (nSPS) is 14.5. The highest BCUT2D eigenvalue weighted by atomic mass is 16.5. The number of allylic oxidation sites excluding steroid dienone is 1. The molecule has 23 heavy (non-hydrogen) atoms. The second-order valence-corrected chi connectivity index (χ2v) is 5.30. The molecule has 1 heterocycles. The minimum Gasteiger partial charge on any atom is -0.496 e. The van der Waals surface area contributed by atoms with E-state index >= 15 is 0 Å². The van der Waals surface area contributed by atoms with Gasteiger partial charge in [-0.3, -0.25) is 9.89 Å². The summed E-state index contributed by atoms with van der Waals surface area (Å²) in [5, 5.41) is 10.8. The molecule has 0 aliphatic heterocycles. The first-order valence-electron chi connectivity index (χ1n) is 7.46. The summed E-state index contributed by atoms with van der Waals surface area (Å²) in [4.78, 5) is 11.9. The molecule has 1 aliphatic carbocycles. The van der Waals surface area contributed by atoms with Crippen LogP contribution in [0.15, 0.2) is 41.5 Å². The number of aromatic nitrogens is 2. The van der Waals surface area contributed by atoms with E-state index in [0.717, 1.165) is 29.8 Å². The molecule has 2 N–H and O–H groups in total. The maximum Gasteiger partial charge on any atom is 0.291 e. The maximum atomic E-state index is 11.9. The summed E-state index contributed by atoms with van der Waals surface area (Å²) in [5.41, 5.74) is 4.77. The lowest BCUT2D eigenvalue weighted by Gasteiger charge is -2.02. The van der Waals surface area contributed by atoms with Crippen LogP contribution in [0.3, 0.4) is 0 Å². The molecule has 3 rings (SSSR count). The van der Waals surface area contributed by atoms with Gasteiger partial charge in [0.15, 0.2) is 5.69 Å². The van der Waals surface area contributed by atoms with Crippen LogP contribution in [-0.4, -0.2) is 29.4 Å². The van der Waals surface area contributed by atoms with Crippen molar-refractivity contribution in [2.45, 2.75) is 18.8 Å². The maximum absolute atomic E-state index is 11.9. The Morgan fingerprint density at radius 2 is 2.26 bits per heavy atom. The zero-order valence-corrected chi connectivity index (χ0v) is 12.8. The van der Waals surface area contributed by atoms with Gasteiger partial charge in [0.2, 0.25) is 0 Å². The predicted molar refractivity (Wildman–Crippen MR) is 88.5 cm³/mol. The van der Waals surface area contributed by atoms with E-state index in [0.29, 0.717) is 11.6 Å². The van der Waals surface area contributed by atoms with Gasteiger partial charge in [0, 0.05) is 23.4 Å². The molecule has 1 aromatic heterocycles. The van der Waals surface area contributed by atoms with Gasteiger partial charge in [-0.2, -0.15) is 10.2 Å². The third-order valence-electron chi connectivity index (χ3n) is 3.59. The van der Waals surface area contributed by atoms with Gasteiger partial charge in [-0.1, -0.05) is 18.2 Å². The Labute approximate surface area is 134 Å². The first kappa shape index (κ1) is 15.0. The number of benzene rings is 1. The fraction of sp³-hybridized carbons (Fsp3) is 0.235. The molecule has 1 aromatic carbocycles. The molecule has 1 aliphatic rings. The Morgan fingerprint density at radius 3 is 3.04 bits per heavy atom. The van der Waals surface area contributed by atoms with Gasteiger partial charge in [0.1, 0.15) is 5.75 Å². The third-order valence-corrected chi connectivity index (χ3v) is 3.59. The van der Waals surface area contributed by atoms with Gasteiger partial charge >= 0.3 is 0 Å². The zero-order chi connectivity index (χ0) is 16.1. The SMILES string of the molecule is COc1ccccc1/C=C/C=N/NC(=O)c1cc(C2CC2)[nH]n1. The topological polar surface area (TPSA) is 79.4 Å². The highest BCUT2D eigenvalue weighted by molar-refractivity contribution is 5.93. The van der Waals surface area contributed by atoms with Crippen molar-refractivity contribution < 1.29 is 9.53 Å². The number of hydrazone groups is 1. The lowest BCUT2D eigenvalue weighted by molar-refractivity contribution is 0.0950. The monoisotopic (exact) mass is 310 g/mol. The van der Waals surface area contributed by atoms with E-state index in [4.69, 9.17) is 4.74 Å². The number of amides is 1. The van der Waals surface area contributed by atoms with E-state index in [1.54, 1.807) is 19.3 Å². The number of H-pyrrole nitrogens is 1. The van der Waals surface area contributed by atoms with E-state index in [1.165, 1.54) is 6.21 Å². The lowest BCUT2D eigenvalue weighted by Crippen LogP contribution is -2.17. The van der Waals surface area contributed by atoms with Crippen LogP contribution < -0.4 is 10.2 Å². The summed E-state index contributed by atoms with van der Waals surface area (Å²) >= 11 is 0. The van der Waals surface area contributed by atoms with E-state index < -0.39 is 0 Å². The Kier molecular flexibility index (Phi) is 4.52. The fourth-order valence-corrected chi connectivity index (χ4v) is 2.20. The largest absolute Gasteiger partial charge is 0.496 e. The summed E-state index contributed by atoms with van der Waals surface area (Å²) in [6.45, 7) is 0. The number of carbonyl (C=O) groups is 1. The van der Waals surface area contributed by atoms with Crippen LogP contribution in [0.5, 0.6) is 5.75 Å². The van der Waals surface area contributed by atoms with Crippen LogP contribution in [0.25, 0.3) is 6.08 Å². The molecule has 1 fully saturated rings. The van der Waals surface area contributed by atoms with E-state index in [9.17, 15) is 4.79 Å². The Balaban J connectivity index is 1.53. The smallest absolute Gasteiger partial charge is 0.291 e. The van der Waals surface area contributed by atoms with Crippen molar-refractivity contribution in [2.75, 3.05) is 7.11 Å². The predicted octanol–water partition coefficient (Wildman–Crippen LogP) is 2.72. The van der Waals surface area contributed by atoms with Crippen LogP contribution in [0.1, 0.15) is 40.5 Å². The van der Waals surface area contributed by atoms with Gasteiger partial charge in [0.25, 0.3) is 5.91 Å². The molecule has 0 bridgehead atoms. The number of hydrogen-bond acceptors (Lipinski definition) is 4. The van der Waals surface area contributed by atoms with Crippen molar-refractivity contribution in [2.24, 2.45) is 5.10 Å². The summed E-state index contributed by atoms with van der Waals surface area (Å²) in [6.07, 6.45) is 7.43. The molecular weight excluding hydrogens is 292 g/mol. The summed E-state index contributed by atoms with van der Waals surface area (Å²) < 4.78 is 5.25. The van der Waals surface area contributed by atoms with Gasteiger partial charge in [0.05, 0.1) is 7.11 Å². The zero-order valence-electron chi connectivity index (χ0n) is 12.8. The first-order chi connectivity index (χ1) is 11.3. The van der Waals surface area contributed by atoms with Crippen molar-refractivity contribution in [3.63, 3.8) is 0 Å². The molecule has 0 saturated heterocycles. The summed E-state index contributed by atoms with van der Waals surface area (Å²) in [6, 6.07) is 9.44. The molecule has 0 spiro atoms. The number of para-hydroxylation sites is 1. The highest BCUT2D eigenvalue weighted by Gasteiger charge is 2.26. The van der Waals surface area contributed by atoms with Crippen LogP contribution in [0.4, 0.5) is 0 Å². The highest BCUT2D eigenvalue weighted by Crippen LogP contribution is 2.38. The van der Waals surface area contributed by atoms with Crippen molar-refractivity contribution in [1.29, 1.82) is 0 Å². The number of rotatable bonds is 6. The minimum atomic E-state index is -0.324. The molecule has 2 aromatic rings. The van der Waals surface area contributed by atoms with Crippen molar-refractivity contribution in [1.82, 2.24) is 15.6 Å². The average molecular weight is 310 g/mol. The van der Waals surface area contributed by atoms with Crippen LogP contribution in [0, 0.1) is 0 Å². The lowest BCUT2D eigenvalue weighted by atomic mass is 10.2. The van der Waals surface area contributed by atoms with E-state index in [-0.39, 0.29) is 5.91 Å². The van der Waals surface area contributed by atoms with Gasteiger partial charge in [-0.25, -0.2) is 5.43 Å². The number of aromatic amines is 1. The summed E-state index contributed by atoms with van der Waals surface area (Å²) in [5.74, 6) is 0.997. The Bertz CT molecular complexity index is 745. The molecule has 0 unspecified atom stereocenters. The van der Waals surface area contributed by atoms with Gasteiger partial charge < -0.3 is 4.74 Å².